The van der Waals surface area contributed by atoms with Crippen molar-refractivity contribution in [3.8, 4) is 0 Å². The van der Waals surface area contributed by atoms with E-state index >= 15 is 0 Å². The number of fused-ring (bicyclic) bond motifs is 1. The maximum absolute atomic E-state index is 11.4. The zero-order valence-electron chi connectivity index (χ0n) is 12.6. The summed E-state index contributed by atoms with van der Waals surface area (Å²) < 4.78 is 0. The first-order valence-corrected chi connectivity index (χ1v) is 8.41. The average Bonchev–Trinajstić information content (AvgIpc) is 2.53. The van der Waals surface area contributed by atoms with E-state index in [1.54, 1.807) is 0 Å². The van der Waals surface area contributed by atoms with Crippen LogP contribution in [0.4, 0.5) is 0 Å². The fraction of sp³-hybridized carbons (Fsp3) is 0.421. The van der Waals surface area contributed by atoms with Gasteiger partial charge in [-0.1, -0.05) is 35.9 Å². The Morgan fingerprint density at radius 3 is 2.86 bits per heavy atom. The van der Waals surface area contributed by atoms with Gasteiger partial charge in [0, 0.05) is 5.02 Å². The molecule has 0 bridgehead atoms. The summed E-state index contributed by atoms with van der Waals surface area (Å²) in [5.41, 5.74) is 3.06. The number of hydrogen-bond acceptors (Lipinski definition) is 1. The van der Waals surface area contributed by atoms with Crippen LogP contribution in [0.5, 0.6) is 0 Å². The molecule has 0 saturated heterocycles. The summed E-state index contributed by atoms with van der Waals surface area (Å²) >= 11 is 6.39. The zero-order chi connectivity index (χ0) is 15.5. The van der Waals surface area contributed by atoms with E-state index in [-0.39, 0.29) is 0 Å². The number of carboxylic acids is 1. The Labute approximate surface area is 136 Å². The molecule has 2 unspecified atom stereocenters. The summed E-state index contributed by atoms with van der Waals surface area (Å²) in [6, 6.07) is 3.96. The molecule has 3 heteroatoms. The van der Waals surface area contributed by atoms with Crippen LogP contribution in [0.1, 0.15) is 54.7 Å². The number of aryl methyl sites for hydroxylation is 1. The van der Waals surface area contributed by atoms with Crippen LogP contribution in [0.3, 0.4) is 0 Å². The zero-order valence-corrected chi connectivity index (χ0v) is 13.4. The van der Waals surface area contributed by atoms with Gasteiger partial charge in [0.05, 0.1) is 5.92 Å². The van der Waals surface area contributed by atoms with E-state index in [1.807, 2.05) is 6.07 Å². The smallest absolute Gasteiger partial charge is 0.310 e. The van der Waals surface area contributed by atoms with Gasteiger partial charge < -0.3 is 5.11 Å². The molecule has 0 heterocycles. The number of hydrogen-bond donors (Lipinski definition) is 1. The first-order valence-electron chi connectivity index (χ1n) is 8.03. The van der Waals surface area contributed by atoms with Crippen molar-refractivity contribution in [2.45, 2.75) is 44.4 Å². The molecule has 22 heavy (non-hydrogen) atoms. The van der Waals surface area contributed by atoms with Gasteiger partial charge in [0.1, 0.15) is 0 Å². The van der Waals surface area contributed by atoms with Gasteiger partial charge in [-0.25, -0.2) is 0 Å². The minimum Gasteiger partial charge on any atom is -0.481 e. The van der Waals surface area contributed by atoms with E-state index in [1.165, 1.54) is 6.42 Å². The van der Waals surface area contributed by atoms with Gasteiger partial charge in [-0.2, -0.15) is 0 Å². The third-order valence-corrected chi connectivity index (χ3v) is 5.06. The predicted octanol–water partition coefficient (Wildman–Crippen LogP) is 5.21. The Hall–Kier alpha value is -1.54. The van der Waals surface area contributed by atoms with Gasteiger partial charge in [-0.05, 0) is 73.3 Å². The third kappa shape index (κ3) is 3.27. The van der Waals surface area contributed by atoms with E-state index in [9.17, 15) is 9.90 Å². The molecule has 0 spiro atoms. The molecule has 0 amide bonds. The van der Waals surface area contributed by atoms with Crippen molar-refractivity contribution in [3.63, 3.8) is 0 Å². The number of benzene rings is 1. The fourth-order valence-corrected chi connectivity index (χ4v) is 3.70. The highest BCUT2D eigenvalue weighted by Gasteiger charge is 2.26. The molecular weight excluding hydrogens is 296 g/mol. The van der Waals surface area contributed by atoms with Crippen molar-refractivity contribution in [3.05, 3.63) is 52.1 Å². The van der Waals surface area contributed by atoms with Crippen LogP contribution in [0.2, 0.25) is 5.02 Å². The number of carboxylic acid groups (broad SMARTS) is 1. The van der Waals surface area contributed by atoms with Crippen molar-refractivity contribution in [1.82, 2.24) is 0 Å². The largest absolute Gasteiger partial charge is 0.481 e. The second kappa shape index (κ2) is 6.70. The van der Waals surface area contributed by atoms with Gasteiger partial charge in [-0.3, -0.25) is 4.79 Å². The SMILES string of the molecule is O=C(O)C1CCCc2cc(C=CC3CC=CCC3)c(Cl)cc21. The predicted molar refractivity (Wildman–Crippen MR) is 90.3 cm³/mol. The molecule has 2 aliphatic rings. The highest BCUT2D eigenvalue weighted by molar-refractivity contribution is 6.32. The van der Waals surface area contributed by atoms with E-state index in [2.05, 4.69) is 30.4 Å². The summed E-state index contributed by atoms with van der Waals surface area (Å²) in [5, 5.41) is 10.0. The highest BCUT2D eigenvalue weighted by Crippen LogP contribution is 2.36. The van der Waals surface area contributed by atoms with E-state index in [4.69, 9.17) is 11.6 Å². The molecule has 2 aliphatic carbocycles. The lowest BCUT2D eigenvalue weighted by atomic mass is 9.82. The lowest BCUT2D eigenvalue weighted by molar-refractivity contribution is -0.139. The Kier molecular flexibility index (Phi) is 4.68. The van der Waals surface area contributed by atoms with E-state index < -0.39 is 11.9 Å². The molecule has 0 saturated carbocycles. The number of carbonyl (C=O) groups is 1. The van der Waals surface area contributed by atoms with Gasteiger partial charge >= 0.3 is 5.97 Å². The number of rotatable bonds is 3. The first kappa shape index (κ1) is 15.4. The van der Waals surface area contributed by atoms with Crippen molar-refractivity contribution in [1.29, 1.82) is 0 Å². The molecule has 116 valence electrons. The fourth-order valence-electron chi connectivity index (χ4n) is 3.46. The van der Waals surface area contributed by atoms with Gasteiger partial charge in [0.25, 0.3) is 0 Å². The molecule has 1 aromatic carbocycles. The van der Waals surface area contributed by atoms with Crippen LogP contribution in [-0.4, -0.2) is 11.1 Å². The third-order valence-electron chi connectivity index (χ3n) is 4.73. The summed E-state index contributed by atoms with van der Waals surface area (Å²) in [7, 11) is 0. The monoisotopic (exact) mass is 316 g/mol. The van der Waals surface area contributed by atoms with Crippen LogP contribution in [0, 0.1) is 5.92 Å². The lowest BCUT2D eigenvalue weighted by Crippen LogP contribution is -2.18. The van der Waals surface area contributed by atoms with Crippen LogP contribution in [0.25, 0.3) is 6.08 Å². The van der Waals surface area contributed by atoms with Crippen molar-refractivity contribution < 1.29 is 9.90 Å². The molecule has 0 radical (unpaired) electrons. The highest BCUT2D eigenvalue weighted by atomic mass is 35.5. The number of halogens is 1. The quantitative estimate of drug-likeness (QED) is 0.777. The molecule has 2 nitrogen and oxygen atoms in total. The molecule has 2 atom stereocenters. The molecule has 0 aromatic heterocycles. The average molecular weight is 317 g/mol. The van der Waals surface area contributed by atoms with Gasteiger partial charge in [-0.15, -0.1) is 0 Å². The summed E-state index contributed by atoms with van der Waals surface area (Å²) in [6.45, 7) is 0. The van der Waals surface area contributed by atoms with Crippen molar-refractivity contribution in [2.24, 2.45) is 5.92 Å². The number of allylic oxidation sites excluding steroid dienone is 3. The summed E-state index contributed by atoms with van der Waals surface area (Å²) in [5.74, 6) is -0.555. The molecule has 0 fully saturated rings. The topological polar surface area (TPSA) is 37.3 Å². The molecule has 1 aromatic rings. The Bertz CT molecular complexity index is 631. The van der Waals surface area contributed by atoms with Gasteiger partial charge in [0.15, 0.2) is 0 Å². The minimum atomic E-state index is -0.741. The molecular formula is C19H21ClO2. The standard InChI is InChI=1S/C19H21ClO2/c20-18-12-17-14(7-4-8-16(17)19(21)22)11-15(18)10-9-13-5-2-1-3-6-13/h1-2,9-13,16H,3-8H2,(H,21,22). The van der Waals surface area contributed by atoms with Crippen LogP contribution in [0.15, 0.2) is 30.4 Å². The summed E-state index contributed by atoms with van der Waals surface area (Å²) in [6.07, 6.45) is 14.9. The molecule has 1 N–H and O–H groups in total. The Morgan fingerprint density at radius 1 is 1.27 bits per heavy atom. The number of aliphatic carboxylic acids is 1. The second-order valence-electron chi connectivity index (χ2n) is 6.26. The minimum absolute atomic E-state index is 0.400. The molecule has 0 aliphatic heterocycles. The first-order chi connectivity index (χ1) is 10.6. The molecule has 3 rings (SSSR count). The van der Waals surface area contributed by atoms with E-state index in [0.717, 1.165) is 42.4 Å². The maximum atomic E-state index is 11.4. The van der Waals surface area contributed by atoms with Gasteiger partial charge in [0.2, 0.25) is 0 Å². The van der Waals surface area contributed by atoms with E-state index in [0.29, 0.717) is 17.4 Å². The van der Waals surface area contributed by atoms with Crippen molar-refractivity contribution >= 4 is 23.6 Å². The normalized spacial score (nSPS) is 24.4. The Morgan fingerprint density at radius 2 is 2.14 bits per heavy atom. The summed E-state index contributed by atoms with van der Waals surface area (Å²) in [4.78, 5) is 11.4. The van der Waals surface area contributed by atoms with Crippen molar-refractivity contribution in [2.75, 3.05) is 0 Å². The van der Waals surface area contributed by atoms with Crippen LogP contribution in [-0.2, 0) is 11.2 Å². The lowest BCUT2D eigenvalue weighted by Gasteiger charge is -2.23. The second-order valence-corrected chi connectivity index (χ2v) is 6.67. The van der Waals surface area contributed by atoms with Crippen LogP contribution < -0.4 is 0 Å². The van der Waals surface area contributed by atoms with Crippen LogP contribution >= 0.6 is 11.6 Å². The maximum Gasteiger partial charge on any atom is 0.310 e. The Balaban J connectivity index is 1.86.